The summed E-state index contributed by atoms with van der Waals surface area (Å²) in [6.45, 7) is 4.67. The number of benzene rings is 1. The maximum absolute atomic E-state index is 13.2. The van der Waals surface area contributed by atoms with E-state index in [1.54, 1.807) is 12.1 Å². The highest BCUT2D eigenvalue weighted by molar-refractivity contribution is 5.94. The number of phenols is 1. The van der Waals surface area contributed by atoms with Crippen molar-refractivity contribution in [3.05, 3.63) is 29.8 Å². The van der Waals surface area contributed by atoms with Gasteiger partial charge in [-0.2, -0.15) is 0 Å². The number of hydrogen-bond donors (Lipinski definition) is 6. The number of carbonyl (C=O) groups excluding carboxylic acids is 3. The van der Waals surface area contributed by atoms with Crippen LogP contribution in [0.1, 0.15) is 57.9 Å². The molecular weight excluding hydrogens is 478 g/mol. The molecule has 8 N–H and O–H groups in total. The maximum Gasteiger partial charge on any atom is 0.326 e. The average molecular weight is 520 g/mol. The molecular formula is C26H41N5O6. The molecule has 1 heterocycles. The van der Waals surface area contributed by atoms with Gasteiger partial charge in [-0.25, -0.2) is 4.79 Å². The van der Waals surface area contributed by atoms with Crippen molar-refractivity contribution in [3.8, 4) is 5.75 Å². The smallest absolute Gasteiger partial charge is 0.326 e. The highest BCUT2D eigenvalue weighted by Crippen LogP contribution is 2.21. The fourth-order valence-corrected chi connectivity index (χ4v) is 4.36. The second-order valence-corrected chi connectivity index (χ2v) is 9.72. The number of carbonyl (C=O) groups is 4. The molecule has 0 saturated carbocycles. The predicted molar refractivity (Wildman–Crippen MR) is 138 cm³/mol. The van der Waals surface area contributed by atoms with E-state index in [-0.39, 0.29) is 30.4 Å². The Bertz CT molecular complexity index is 925. The maximum atomic E-state index is 13.2. The predicted octanol–water partition coefficient (Wildman–Crippen LogP) is 0.482. The Hall–Kier alpha value is -3.18. The number of rotatable bonds is 14. The number of hydrogen-bond acceptors (Lipinski definition) is 7. The van der Waals surface area contributed by atoms with E-state index in [4.69, 9.17) is 11.5 Å². The quantitative estimate of drug-likeness (QED) is 0.191. The molecule has 0 radical (unpaired) electrons. The molecule has 0 spiro atoms. The van der Waals surface area contributed by atoms with Crippen molar-refractivity contribution in [1.82, 2.24) is 15.5 Å². The second kappa shape index (κ2) is 14.5. The molecule has 1 aromatic rings. The number of carboxylic acid groups (broad SMARTS) is 1. The van der Waals surface area contributed by atoms with Gasteiger partial charge in [-0.05, 0) is 62.3 Å². The number of phenolic OH excluding ortho intramolecular Hbond substituents is 1. The van der Waals surface area contributed by atoms with Crippen LogP contribution in [0.15, 0.2) is 24.3 Å². The third-order valence-corrected chi connectivity index (χ3v) is 6.95. The molecule has 1 fully saturated rings. The molecule has 1 saturated heterocycles. The van der Waals surface area contributed by atoms with Crippen LogP contribution in [0.5, 0.6) is 5.75 Å². The van der Waals surface area contributed by atoms with Gasteiger partial charge in [0.2, 0.25) is 17.7 Å². The Kier molecular flexibility index (Phi) is 11.8. The standard InChI is InChI=1S/C26H41N5O6/c1-3-16(2)22(28)25(35)31-14-6-8-21(31)24(34)29-19(7-4-5-13-27)23(33)30-20(26(36)37)15-17-9-11-18(32)12-10-17/h9-12,16,19-22,32H,3-8,13-15,27-28H2,1-2H3,(H,29,34)(H,30,33)(H,36,37). The lowest BCUT2D eigenvalue weighted by atomic mass is 9.98. The Balaban J connectivity index is 2.12. The molecule has 206 valence electrons. The molecule has 11 heteroatoms. The first-order chi connectivity index (χ1) is 17.6. The zero-order valence-electron chi connectivity index (χ0n) is 21.7. The molecule has 1 aliphatic heterocycles. The minimum Gasteiger partial charge on any atom is -0.508 e. The van der Waals surface area contributed by atoms with Crippen molar-refractivity contribution in [2.45, 2.75) is 83.0 Å². The van der Waals surface area contributed by atoms with Crippen LogP contribution in [-0.2, 0) is 25.6 Å². The summed E-state index contributed by atoms with van der Waals surface area (Å²) in [5.74, 6) is -2.57. The van der Waals surface area contributed by atoms with Gasteiger partial charge in [-0.1, -0.05) is 32.4 Å². The lowest BCUT2D eigenvalue weighted by Gasteiger charge is -2.30. The van der Waals surface area contributed by atoms with Gasteiger partial charge >= 0.3 is 5.97 Å². The van der Waals surface area contributed by atoms with Crippen molar-refractivity contribution in [1.29, 1.82) is 0 Å². The zero-order valence-corrected chi connectivity index (χ0v) is 21.7. The Labute approximate surface area is 217 Å². The van der Waals surface area contributed by atoms with Gasteiger partial charge in [0.1, 0.15) is 23.9 Å². The van der Waals surface area contributed by atoms with E-state index in [0.29, 0.717) is 44.3 Å². The lowest BCUT2D eigenvalue weighted by Crippen LogP contribution is -2.57. The van der Waals surface area contributed by atoms with E-state index in [2.05, 4.69) is 10.6 Å². The van der Waals surface area contributed by atoms with Crippen LogP contribution in [0.2, 0.25) is 0 Å². The average Bonchev–Trinajstić information content (AvgIpc) is 3.37. The molecule has 1 aromatic carbocycles. The number of aliphatic carboxylic acids is 1. The Morgan fingerprint density at radius 2 is 1.78 bits per heavy atom. The van der Waals surface area contributed by atoms with Crippen molar-refractivity contribution < 1.29 is 29.4 Å². The van der Waals surface area contributed by atoms with E-state index in [9.17, 15) is 29.4 Å². The number of likely N-dealkylation sites (tertiary alicyclic amines) is 1. The van der Waals surface area contributed by atoms with Gasteiger partial charge in [-0.3, -0.25) is 14.4 Å². The van der Waals surface area contributed by atoms with E-state index in [0.717, 1.165) is 6.42 Å². The normalized spacial score (nSPS) is 18.5. The monoisotopic (exact) mass is 519 g/mol. The highest BCUT2D eigenvalue weighted by Gasteiger charge is 2.38. The molecule has 1 aliphatic rings. The van der Waals surface area contributed by atoms with Gasteiger partial charge < -0.3 is 37.2 Å². The third kappa shape index (κ3) is 8.71. The van der Waals surface area contributed by atoms with E-state index in [1.807, 2.05) is 13.8 Å². The van der Waals surface area contributed by atoms with E-state index >= 15 is 0 Å². The van der Waals surface area contributed by atoms with Crippen LogP contribution < -0.4 is 22.1 Å². The summed E-state index contributed by atoms with van der Waals surface area (Å²) in [4.78, 5) is 52.7. The molecule has 5 atom stereocenters. The molecule has 3 amide bonds. The second-order valence-electron chi connectivity index (χ2n) is 9.72. The van der Waals surface area contributed by atoms with Crippen molar-refractivity contribution in [2.24, 2.45) is 17.4 Å². The van der Waals surface area contributed by atoms with E-state index in [1.165, 1.54) is 17.0 Å². The van der Waals surface area contributed by atoms with Crippen LogP contribution in [0.25, 0.3) is 0 Å². The molecule has 0 bridgehead atoms. The summed E-state index contributed by atoms with van der Waals surface area (Å²) in [5, 5.41) is 24.4. The summed E-state index contributed by atoms with van der Waals surface area (Å²) >= 11 is 0. The lowest BCUT2D eigenvalue weighted by molar-refractivity contribution is -0.143. The van der Waals surface area contributed by atoms with Gasteiger partial charge in [0.15, 0.2) is 0 Å². The van der Waals surface area contributed by atoms with Gasteiger partial charge in [-0.15, -0.1) is 0 Å². The van der Waals surface area contributed by atoms with Crippen LogP contribution in [0.3, 0.4) is 0 Å². The molecule has 0 aliphatic carbocycles. The summed E-state index contributed by atoms with van der Waals surface area (Å²) in [5.41, 5.74) is 12.3. The molecule has 11 nitrogen and oxygen atoms in total. The molecule has 37 heavy (non-hydrogen) atoms. The van der Waals surface area contributed by atoms with Gasteiger partial charge in [0.05, 0.1) is 6.04 Å². The first kappa shape index (κ1) is 30.0. The molecule has 0 aromatic heterocycles. The number of nitrogens with zero attached hydrogens (tertiary/aromatic N) is 1. The van der Waals surface area contributed by atoms with Crippen LogP contribution in [0.4, 0.5) is 0 Å². The fraction of sp³-hybridized carbons (Fsp3) is 0.615. The Morgan fingerprint density at radius 1 is 1.11 bits per heavy atom. The number of amides is 3. The van der Waals surface area contributed by atoms with E-state index < -0.39 is 42.0 Å². The van der Waals surface area contributed by atoms with Crippen molar-refractivity contribution in [3.63, 3.8) is 0 Å². The summed E-state index contributed by atoms with van der Waals surface area (Å²) < 4.78 is 0. The zero-order chi connectivity index (χ0) is 27.5. The number of unbranched alkanes of at least 4 members (excludes halogenated alkanes) is 1. The molecule has 5 unspecified atom stereocenters. The third-order valence-electron chi connectivity index (χ3n) is 6.95. The van der Waals surface area contributed by atoms with Crippen molar-refractivity contribution >= 4 is 23.7 Å². The number of nitrogens with one attached hydrogen (secondary N) is 2. The van der Waals surface area contributed by atoms with Crippen LogP contribution >= 0.6 is 0 Å². The van der Waals surface area contributed by atoms with Crippen LogP contribution in [0, 0.1) is 5.92 Å². The topological polar surface area (TPSA) is 188 Å². The largest absolute Gasteiger partial charge is 0.508 e. The SMILES string of the molecule is CCC(C)C(N)C(=O)N1CCCC1C(=O)NC(CCCCN)C(=O)NC(Cc1ccc(O)cc1)C(=O)O. The summed E-state index contributed by atoms with van der Waals surface area (Å²) in [6, 6.07) is 2.37. The highest BCUT2D eigenvalue weighted by atomic mass is 16.4. The summed E-state index contributed by atoms with van der Waals surface area (Å²) in [7, 11) is 0. The van der Waals surface area contributed by atoms with Gasteiger partial charge in [0.25, 0.3) is 0 Å². The van der Waals surface area contributed by atoms with Crippen molar-refractivity contribution in [2.75, 3.05) is 13.1 Å². The van der Waals surface area contributed by atoms with Gasteiger partial charge in [0, 0.05) is 13.0 Å². The molecule has 2 rings (SSSR count). The Morgan fingerprint density at radius 3 is 2.38 bits per heavy atom. The first-order valence-electron chi connectivity index (χ1n) is 13.0. The van der Waals surface area contributed by atoms with Crippen LogP contribution in [-0.4, -0.2) is 76.1 Å². The minimum atomic E-state index is -1.23. The number of carboxylic acids is 1. The number of nitrogens with two attached hydrogens (primary N) is 2. The number of aromatic hydroxyl groups is 1. The first-order valence-corrected chi connectivity index (χ1v) is 13.0. The summed E-state index contributed by atoms with van der Waals surface area (Å²) in [6.07, 6.45) is 3.30. The minimum absolute atomic E-state index is 0.00320. The fourth-order valence-electron chi connectivity index (χ4n) is 4.36.